The fourth-order valence-electron chi connectivity index (χ4n) is 2.43. The maximum absolute atomic E-state index is 12.4. The van der Waals surface area contributed by atoms with Gasteiger partial charge in [-0.25, -0.2) is 4.98 Å². The number of hydrogen-bond acceptors (Lipinski definition) is 5. The van der Waals surface area contributed by atoms with Gasteiger partial charge in [0.15, 0.2) is 5.13 Å². The minimum Gasteiger partial charge on any atom is -0.346 e. The normalized spacial score (nSPS) is 17.5. The van der Waals surface area contributed by atoms with Crippen molar-refractivity contribution < 1.29 is 13.2 Å². The molecule has 0 aromatic carbocycles. The largest absolute Gasteiger partial charge is 0.401 e. The number of nitrogens with one attached hydrogen (secondary N) is 1. The van der Waals surface area contributed by atoms with Gasteiger partial charge in [0.05, 0.1) is 12.2 Å². The molecule has 0 atom stereocenters. The summed E-state index contributed by atoms with van der Waals surface area (Å²) >= 11 is 1.64. The number of piperazine rings is 1. The SMILES string of the molecule is CCc1nc(N2CCN(CC(F)(F)F)CC2)sc1CNC. The van der Waals surface area contributed by atoms with Crippen LogP contribution in [0.1, 0.15) is 17.5 Å². The lowest BCUT2D eigenvalue weighted by Crippen LogP contribution is -2.49. The molecule has 0 spiro atoms. The zero-order valence-corrected chi connectivity index (χ0v) is 13.2. The summed E-state index contributed by atoms with van der Waals surface area (Å²) in [6.45, 7) is 4.11. The Morgan fingerprint density at radius 2 is 1.90 bits per heavy atom. The molecule has 0 unspecified atom stereocenters. The van der Waals surface area contributed by atoms with E-state index in [2.05, 4.69) is 22.1 Å². The number of aryl methyl sites for hydroxylation is 1. The average molecular weight is 322 g/mol. The number of thiazole rings is 1. The molecule has 1 aromatic rings. The summed E-state index contributed by atoms with van der Waals surface area (Å²) in [7, 11) is 1.90. The zero-order valence-electron chi connectivity index (χ0n) is 12.3. The highest BCUT2D eigenvalue weighted by molar-refractivity contribution is 7.15. The van der Waals surface area contributed by atoms with E-state index >= 15 is 0 Å². The molecule has 0 radical (unpaired) electrons. The number of alkyl halides is 3. The molecule has 8 heteroatoms. The van der Waals surface area contributed by atoms with E-state index in [1.54, 1.807) is 11.3 Å². The second-order valence-electron chi connectivity index (χ2n) is 5.13. The van der Waals surface area contributed by atoms with Gasteiger partial charge in [-0.1, -0.05) is 6.92 Å². The van der Waals surface area contributed by atoms with Crippen LogP contribution in [0.25, 0.3) is 0 Å². The van der Waals surface area contributed by atoms with Gasteiger partial charge in [0.1, 0.15) is 0 Å². The highest BCUT2D eigenvalue weighted by Gasteiger charge is 2.32. The molecule has 0 aliphatic carbocycles. The molecule has 120 valence electrons. The second-order valence-corrected chi connectivity index (χ2v) is 6.19. The van der Waals surface area contributed by atoms with Crippen LogP contribution in [0.15, 0.2) is 0 Å². The third-order valence-electron chi connectivity index (χ3n) is 3.48. The van der Waals surface area contributed by atoms with Crippen molar-refractivity contribution in [2.75, 3.05) is 44.7 Å². The monoisotopic (exact) mass is 322 g/mol. The highest BCUT2D eigenvalue weighted by Crippen LogP contribution is 2.28. The van der Waals surface area contributed by atoms with Crippen molar-refractivity contribution in [2.45, 2.75) is 26.1 Å². The molecule has 1 saturated heterocycles. The lowest BCUT2D eigenvalue weighted by molar-refractivity contribution is -0.146. The number of hydrogen-bond donors (Lipinski definition) is 1. The van der Waals surface area contributed by atoms with Crippen LogP contribution >= 0.6 is 11.3 Å². The van der Waals surface area contributed by atoms with Crippen LogP contribution in [0.3, 0.4) is 0 Å². The molecular weight excluding hydrogens is 301 g/mol. The Kier molecular flexibility index (Phi) is 5.45. The Balaban J connectivity index is 1.96. The van der Waals surface area contributed by atoms with Gasteiger partial charge in [-0.3, -0.25) is 4.90 Å². The van der Waals surface area contributed by atoms with Crippen LogP contribution in [0, 0.1) is 0 Å². The lowest BCUT2D eigenvalue weighted by atomic mass is 10.3. The molecule has 0 bridgehead atoms. The van der Waals surface area contributed by atoms with Gasteiger partial charge in [0, 0.05) is 37.6 Å². The van der Waals surface area contributed by atoms with Gasteiger partial charge in [-0.05, 0) is 13.5 Å². The lowest BCUT2D eigenvalue weighted by Gasteiger charge is -2.34. The van der Waals surface area contributed by atoms with Crippen molar-refractivity contribution in [3.05, 3.63) is 10.6 Å². The molecular formula is C13H21F3N4S. The molecule has 1 aromatic heterocycles. The van der Waals surface area contributed by atoms with Crippen molar-refractivity contribution in [3.63, 3.8) is 0 Å². The summed E-state index contributed by atoms with van der Waals surface area (Å²) in [4.78, 5) is 9.40. The third-order valence-corrected chi connectivity index (χ3v) is 4.64. The summed E-state index contributed by atoms with van der Waals surface area (Å²) in [6, 6.07) is 0. The zero-order chi connectivity index (χ0) is 15.5. The van der Waals surface area contributed by atoms with Crippen LogP contribution in [0.5, 0.6) is 0 Å². The topological polar surface area (TPSA) is 31.4 Å². The van der Waals surface area contributed by atoms with Gasteiger partial charge >= 0.3 is 6.18 Å². The molecule has 21 heavy (non-hydrogen) atoms. The maximum Gasteiger partial charge on any atom is 0.401 e. The third kappa shape index (κ3) is 4.55. The van der Waals surface area contributed by atoms with Crippen LogP contribution in [-0.2, 0) is 13.0 Å². The molecule has 2 rings (SSSR count). The van der Waals surface area contributed by atoms with Gasteiger partial charge in [-0.15, -0.1) is 11.3 Å². The van der Waals surface area contributed by atoms with E-state index in [0.717, 1.165) is 23.8 Å². The van der Waals surface area contributed by atoms with Crippen LogP contribution in [0.2, 0.25) is 0 Å². The Labute approximate surface area is 127 Å². The molecule has 2 heterocycles. The van der Waals surface area contributed by atoms with E-state index < -0.39 is 12.7 Å². The summed E-state index contributed by atoms with van der Waals surface area (Å²) in [5.41, 5.74) is 1.09. The fraction of sp³-hybridized carbons (Fsp3) is 0.769. The van der Waals surface area contributed by atoms with E-state index in [1.165, 1.54) is 9.78 Å². The van der Waals surface area contributed by atoms with E-state index in [1.807, 2.05) is 7.05 Å². The summed E-state index contributed by atoms with van der Waals surface area (Å²) in [5, 5.41) is 4.06. The number of anilines is 1. The highest BCUT2D eigenvalue weighted by atomic mass is 32.1. The predicted octanol–water partition coefficient (Wildman–Crippen LogP) is 2.11. The van der Waals surface area contributed by atoms with Crippen LogP contribution in [0.4, 0.5) is 18.3 Å². The molecule has 1 fully saturated rings. The number of rotatable bonds is 5. The minimum atomic E-state index is -4.11. The molecule has 1 aliphatic heterocycles. The smallest absolute Gasteiger partial charge is 0.346 e. The van der Waals surface area contributed by atoms with E-state index in [4.69, 9.17) is 0 Å². The first-order chi connectivity index (χ1) is 9.93. The van der Waals surface area contributed by atoms with Crippen molar-refractivity contribution >= 4 is 16.5 Å². The quantitative estimate of drug-likeness (QED) is 0.900. The Hall–Kier alpha value is -0.860. The Morgan fingerprint density at radius 3 is 2.43 bits per heavy atom. The van der Waals surface area contributed by atoms with Crippen LogP contribution < -0.4 is 10.2 Å². The maximum atomic E-state index is 12.4. The molecule has 1 N–H and O–H groups in total. The molecule has 1 aliphatic rings. The van der Waals surface area contributed by atoms with Crippen molar-refractivity contribution in [1.29, 1.82) is 0 Å². The number of halogens is 3. The van der Waals surface area contributed by atoms with Crippen molar-refractivity contribution in [3.8, 4) is 0 Å². The minimum absolute atomic E-state index is 0.432. The standard InChI is InChI=1S/C13H21F3N4S/c1-3-10-11(8-17-2)21-12(18-10)20-6-4-19(5-7-20)9-13(14,15)16/h17H,3-9H2,1-2H3. The summed E-state index contributed by atoms with van der Waals surface area (Å²) < 4.78 is 37.1. The van der Waals surface area contributed by atoms with Gasteiger partial charge < -0.3 is 10.2 Å². The van der Waals surface area contributed by atoms with E-state index in [-0.39, 0.29) is 0 Å². The molecule has 0 amide bonds. The van der Waals surface area contributed by atoms with Gasteiger partial charge in [0.2, 0.25) is 0 Å². The Morgan fingerprint density at radius 1 is 1.24 bits per heavy atom. The number of aromatic nitrogens is 1. The summed E-state index contributed by atoms with van der Waals surface area (Å²) in [6.07, 6.45) is -3.24. The van der Waals surface area contributed by atoms with E-state index in [0.29, 0.717) is 26.2 Å². The van der Waals surface area contributed by atoms with Crippen LogP contribution in [-0.4, -0.2) is 55.8 Å². The number of nitrogens with zero attached hydrogens (tertiary/aromatic N) is 3. The van der Waals surface area contributed by atoms with Crippen molar-refractivity contribution in [1.82, 2.24) is 15.2 Å². The second kappa shape index (κ2) is 6.93. The first-order valence-electron chi connectivity index (χ1n) is 7.10. The molecule has 0 saturated carbocycles. The predicted molar refractivity (Wildman–Crippen MR) is 79.0 cm³/mol. The average Bonchev–Trinajstić information content (AvgIpc) is 2.81. The molecule has 4 nitrogen and oxygen atoms in total. The first kappa shape index (κ1) is 16.5. The Bertz CT molecular complexity index is 453. The fourth-order valence-corrected chi connectivity index (χ4v) is 3.64. The summed E-state index contributed by atoms with van der Waals surface area (Å²) in [5.74, 6) is 0. The van der Waals surface area contributed by atoms with E-state index in [9.17, 15) is 13.2 Å². The van der Waals surface area contributed by atoms with Crippen molar-refractivity contribution in [2.24, 2.45) is 0 Å². The van der Waals surface area contributed by atoms with Gasteiger partial charge in [-0.2, -0.15) is 13.2 Å². The van der Waals surface area contributed by atoms with Gasteiger partial charge in [0.25, 0.3) is 0 Å². The first-order valence-corrected chi connectivity index (χ1v) is 7.91.